The summed E-state index contributed by atoms with van der Waals surface area (Å²) in [6, 6.07) is 2.58. The number of rotatable bonds is 3. The maximum atomic E-state index is 14.0. The fourth-order valence-corrected chi connectivity index (χ4v) is 3.80. The zero-order valence-electron chi connectivity index (χ0n) is 16.5. The van der Waals surface area contributed by atoms with Gasteiger partial charge >= 0.3 is 6.09 Å². The minimum absolute atomic E-state index is 0.149. The van der Waals surface area contributed by atoms with E-state index in [-0.39, 0.29) is 16.6 Å². The van der Waals surface area contributed by atoms with Crippen LogP contribution >= 0.6 is 11.3 Å². The van der Waals surface area contributed by atoms with Crippen molar-refractivity contribution < 1.29 is 23.1 Å². The van der Waals surface area contributed by atoms with Crippen LogP contribution < -0.4 is 5.32 Å². The lowest BCUT2D eigenvalue weighted by Crippen LogP contribution is -2.51. The zero-order chi connectivity index (χ0) is 21.2. The minimum Gasteiger partial charge on any atom is -0.444 e. The van der Waals surface area contributed by atoms with Gasteiger partial charge in [-0.05, 0) is 52.2 Å². The van der Waals surface area contributed by atoms with Gasteiger partial charge in [-0.2, -0.15) is 0 Å². The average Bonchev–Trinajstić information content (AvgIpc) is 3.08. The van der Waals surface area contributed by atoms with Crippen LogP contribution in [0.3, 0.4) is 0 Å². The van der Waals surface area contributed by atoms with E-state index in [4.69, 9.17) is 4.74 Å². The predicted molar refractivity (Wildman–Crippen MR) is 107 cm³/mol. The molecule has 2 amide bonds. The van der Waals surface area contributed by atoms with E-state index < -0.39 is 29.4 Å². The molecule has 1 aromatic heterocycles. The summed E-state index contributed by atoms with van der Waals surface area (Å²) in [5.41, 5.74) is -0.203. The fraction of sp³-hybridized carbons (Fsp3) is 0.450. The summed E-state index contributed by atoms with van der Waals surface area (Å²) in [4.78, 5) is 30.9. The fourth-order valence-electron chi connectivity index (χ4n) is 3.08. The molecule has 0 saturated carbocycles. The summed E-state index contributed by atoms with van der Waals surface area (Å²) in [5, 5.41) is 4.57. The first-order valence-electron chi connectivity index (χ1n) is 9.35. The summed E-state index contributed by atoms with van der Waals surface area (Å²) in [7, 11) is 0. The Morgan fingerprint density at radius 3 is 2.72 bits per heavy atom. The molecule has 156 valence electrons. The average molecular weight is 423 g/mol. The van der Waals surface area contributed by atoms with Gasteiger partial charge in [-0.15, -0.1) is 11.3 Å². The van der Waals surface area contributed by atoms with Crippen LogP contribution in [-0.4, -0.2) is 40.1 Å². The molecule has 2 aromatic rings. The Balaban J connectivity index is 1.72. The predicted octanol–water partition coefficient (Wildman–Crippen LogP) is 4.82. The third-order valence-corrected chi connectivity index (χ3v) is 5.13. The van der Waals surface area contributed by atoms with Crippen LogP contribution in [-0.2, 0) is 9.53 Å². The van der Waals surface area contributed by atoms with E-state index in [0.29, 0.717) is 18.7 Å². The normalized spacial score (nSPS) is 17.1. The number of amides is 2. The van der Waals surface area contributed by atoms with Crippen molar-refractivity contribution in [2.75, 3.05) is 11.9 Å². The van der Waals surface area contributed by atoms with E-state index in [1.54, 1.807) is 26.2 Å². The van der Waals surface area contributed by atoms with Crippen LogP contribution in [0, 0.1) is 11.6 Å². The second kappa shape index (κ2) is 8.44. The van der Waals surface area contributed by atoms with Crippen LogP contribution in [0.5, 0.6) is 0 Å². The molecule has 1 atom stereocenters. The number of nitrogens with zero attached hydrogens (tertiary/aromatic N) is 2. The number of aromatic nitrogens is 1. The van der Waals surface area contributed by atoms with Crippen molar-refractivity contribution in [3.63, 3.8) is 0 Å². The summed E-state index contributed by atoms with van der Waals surface area (Å²) in [6.07, 6.45) is 1.62. The third-order valence-electron chi connectivity index (χ3n) is 4.37. The molecule has 0 spiro atoms. The van der Waals surface area contributed by atoms with E-state index >= 15 is 0 Å². The molecule has 0 radical (unpaired) electrons. The summed E-state index contributed by atoms with van der Waals surface area (Å²) in [6.45, 7) is 5.76. The smallest absolute Gasteiger partial charge is 0.410 e. The highest BCUT2D eigenvalue weighted by atomic mass is 32.1. The summed E-state index contributed by atoms with van der Waals surface area (Å²) < 4.78 is 32.5. The molecule has 1 fully saturated rings. The van der Waals surface area contributed by atoms with Crippen molar-refractivity contribution in [3.8, 4) is 11.3 Å². The van der Waals surface area contributed by atoms with Crippen molar-refractivity contribution in [2.45, 2.75) is 51.7 Å². The molecule has 6 nitrogen and oxygen atoms in total. The molecule has 1 unspecified atom stereocenters. The maximum Gasteiger partial charge on any atom is 0.410 e. The Bertz CT molecular complexity index is 911. The number of piperidine rings is 1. The molecule has 9 heteroatoms. The summed E-state index contributed by atoms with van der Waals surface area (Å²) in [5.74, 6) is -1.76. The van der Waals surface area contributed by atoms with Crippen molar-refractivity contribution >= 4 is 28.5 Å². The van der Waals surface area contributed by atoms with Gasteiger partial charge in [0, 0.05) is 23.6 Å². The number of ether oxygens (including phenoxy) is 1. The molecular formula is C20H23F2N3O3S. The highest BCUT2D eigenvalue weighted by molar-refractivity contribution is 7.14. The number of anilines is 1. The van der Waals surface area contributed by atoms with Gasteiger partial charge in [0.05, 0.1) is 5.69 Å². The lowest BCUT2D eigenvalue weighted by molar-refractivity contribution is -0.122. The van der Waals surface area contributed by atoms with E-state index in [1.165, 1.54) is 11.0 Å². The van der Waals surface area contributed by atoms with Gasteiger partial charge in [-0.25, -0.2) is 18.6 Å². The van der Waals surface area contributed by atoms with Crippen LogP contribution in [0.2, 0.25) is 0 Å². The van der Waals surface area contributed by atoms with Gasteiger partial charge in [-0.3, -0.25) is 9.69 Å². The minimum atomic E-state index is -0.725. The number of likely N-dealkylation sites (tertiary alicyclic amines) is 1. The van der Waals surface area contributed by atoms with Gasteiger partial charge in [0.2, 0.25) is 5.91 Å². The molecule has 1 N–H and O–H groups in total. The maximum absolute atomic E-state index is 14.0. The second-order valence-electron chi connectivity index (χ2n) is 7.84. The van der Waals surface area contributed by atoms with Crippen LogP contribution in [0.1, 0.15) is 40.0 Å². The van der Waals surface area contributed by atoms with E-state index in [9.17, 15) is 18.4 Å². The van der Waals surface area contributed by atoms with Crippen molar-refractivity contribution in [1.29, 1.82) is 0 Å². The highest BCUT2D eigenvalue weighted by Crippen LogP contribution is 2.28. The zero-order valence-corrected chi connectivity index (χ0v) is 17.3. The van der Waals surface area contributed by atoms with Gasteiger partial charge in [0.15, 0.2) is 5.13 Å². The van der Waals surface area contributed by atoms with Crippen molar-refractivity contribution in [3.05, 3.63) is 35.2 Å². The molecule has 2 heterocycles. The molecule has 29 heavy (non-hydrogen) atoms. The number of thiazole rings is 1. The number of carbonyl (C=O) groups is 2. The monoisotopic (exact) mass is 423 g/mol. The Labute approximate surface area is 171 Å². The Kier molecular flexibility index (Phi) is 6.16. The Morgan fingerprint density at radius 2 is 2.03 bits per heavy atom. The molecule has 1 aromatic carbocycles. The van der Waals surface area contributed by atoms with Crippen molar-refractivity contribution in [1.82, 2.24) is 9.88 Å². The number of hydrogen-bond donors (Lipinski definition) is 1. The number of hydrogen-bond acceptors (Lipinski definition) is 5. The van der Waals surface area contributed by atoms with E-state index in [2.05, 4.69) is 10.3 Å². The standard InChI is InChI=1S/C20H23F2N3O3S/c1-20(2,3)28-19(27)25-9-5-4-6-16(25)17(26)24-18-23-15(11-29-18)13-8-7-12(21)10-14(13)22/h7-8,10-11,16H,4-6,9H2,1-3H3,(H,23,24,26). The number of carbonyl (C=O) groups excluding carboxylic acids is 2. The Morgan fingerprint density at radius 1 is 1.28 bits per heavy atom. The molecule has 1 saturated heterocycles. The van der Waals surface area contributed by atoms with Crippen LogP contribution in [0.4, 0.5) is 18.7 Å². The first kappa shape index (κ1) is 21.2. The number of benzene rings is 1. The number of halogens is 2. The lowest BCUT2D eigenvalue weighted by atomic mass is 10.0. The van der Waals surface area contributed by atoms with E-state index in [0.717, 1.165) is 36.3 Å². The molecule has 3 rings (SSSR count). The molecule has 1 aliphatic rings. The molecular weight excluding hydrogens is 400 g/mol. The third kappa shape index (κ3) is 5.29. The second-order valence-corrected chi connectivity index (χ2v) is 8.69. The van der Waals surface area contributed by atoms with Gasteiger partial charge in [0.25, 0.3) is 0 Å². The Hall–Kier alpha value is -2.55. The van der Waals surface area contributed by atoms with Gasteiger partial charge in [0.1, 0.15) is 23.3 Å². The summed E-state index contributed by atoms with van der Waals surface area (Å²) >= 11 is 1.13. The number of nitrogens with one attached hydrogen (secondary N) is 1. The molecule has 1 aliphatic heterocycles. The topological polar surface area (TPSA) is 71.5 Å². The lowest BCUT2D eigenvalue weighted by Gasteiger charge is -2.35. The van der Waals surface area contributed by atoms with Crippen LogP contribution in [0.25, 0.3) is 11.3 Å². The highest BCUT2D eigenvalue weighted by Gasteiger charge is 2.35. The molecule has 0 bridgehead atoms. The van der Waals surface area contributed by atoms with Crippen molar-refractivity contribution in [2.24, 2.45) is 0 Å². The SMILES string of the molecule is CC(C)(C)OC(=O)N1CCCCC1C(=O)Nc1nc(-c2ccc(F)cc2F)cs1. The quantitative estimate of drug-likeness (QED) is 0.769. The van der Waals surface area contributed by atoms with Gasteiger partial charge < -0.3 is 10.1 Å². The first-order valence-corrected chi connectivity index (χ1v) is 10.2. The first-order chi connectivity index (χ1) is 13.6. The largest absolute Gasteiger partial charge is 0.444 e. The van der Waals surface area contributed by atoms with E-state index in [1.807, 2.05) is 0 Å². The molecule has 0 aliphatic carbocycles. The van der Waals surface area contributed by atoms with Crippen LogP contribution in [0.15, 0.2) is 23.6 Å². The van der Waals surface area contributed by atoms with Gasteiger partial charge in [-0.1, -0.05) is 0 Å².